The number of nitrogens with one attached hydrogen (secondary N) is 1. The van der Waals surface area contributed by atoms with Crippen LogP contribution in [0.5, 0.6) is 0 Å². The molecule has 1 saturated heterocycles. The Hall–Kier alpha value is -1.62. The molecule has 2 rings (SSSR count). The molecule has 1 N–H and O–H groups in total. The van der Waals surface area contributed by atoms with Crippen LogP contribution in [0.15, 0.2) is 18.2 Å². The molecule has 4 nitrogen and oxygen atoms in total. The van der Waals surface area contributed by atoms with Gasteiger partial charge in [-0.1, -0.05) is 0 Å². The zero-order chi connectivity index (χ0) is 13.8. The summed E-state index contributed by atoms with van der Waals surface area (Å²) in [4.78, 5) is 11.6. The van der Waals surface area contributed by atoms with Crippen molar-refractivity contribution in [1.29, 1.82) is 0 Å². The second kappa shape index (κ2) is 6.02. The maximum absolute atomic E-state index is 13.3. The van der Waals surface area contributed by atoms with Crippen LogP contribution in [0.25, 0.3) is 0 Å². The molecule has 1 heterocycles. The molecule has 1 fully saturated rings. The summed E-state index contributed by atoms with van der Waals surface area (Å²) in [6.45, 7) is 2.58. The number of hydrogen-bond acceptors (Lipinski definition) is 4. The third-order valence-electron chi connectivity index (χ3n) is 3.23. The molecule has 1 aliphatic heterocycles. The summed E-state index contributed by atoms with van der Waals surface area (Å²) in [7, 11) is 1.30. The van der Waals surface area contributed by atoms with Crippen LogP contribution in [0.2, 0.25) is 0 Å². The standard InChI is InChI=1S/C14H18FNO3/c1-9-3-5-11(19-9)8-16-13-7-10(15)4-6-12(13)14(17)18-2/h4,6-7,9,11,16H,3,5,8H2,1-2H3. The van der Waals surface area contributed by atoms with Crippen LogP contribution in [-0.2, 0) is 9.47 Å². The van der Waals surface area contributed by atoms with E-state index >= 15 is 0 Å². The lowest BCUT2D eigenvalue weighted by molar-refractivity contribution is 0.0597. The molecule has 19 heavy (non-hydrogen) atoms. The number of hydrogen-bond donors (Lipinski definition) is 1. The van der Waals surface area contributed by atoms with E-state index in [9.17, 15) is 9.18 Å². The van der Waals surface area contributed by atoms with Crippen LogP contribution in [-0.4, -0.2) is 31.8 Å². The maximum Gasteiger partial charge on any atom is 0.339 e. The molecule has 0 aromatic heterocycles. The van der Waals surface area contributed by atoms with Crippen molar-refractivity contribution in [2.45, 2.75) is 32.0 Å². The number of ether oxygens (including phenoxy) is 2. The number of carbonyl (C=O) groups excluding carboxylic acids is 1. The lowest BCUT2D eigenvalue weighted by atomic mass is 10.1. The average Bonchev–Trinajstić information content (AvgIpc) is 2.81. The first-order chi connectivity index (χ1) is 9.10. The van der Waals surface area contributed by atoms with Gasteiger partial charge in [0.15, 0.2) is 0 Å². The number of rotatable bonds is 4. The van der Waals surface area contributed by atoms with Gasteiger partial charge in [-0.05, 0) is 38.0 Å². The molecule has 5 heteroatoms. The summed E-state index contributed by atoms with van der Waals surface area (Å²) in [5, 5.41) is 3.07. The molecule has 2 atom stereocenters. The number of esters is 1. The summed E-state index contributed by atoms with van der Waals surface area (Å²) in [5.74, 6) is -0.876. The Balaban J connectivity index is 2.05. The van der Waals surface area contributed by atoms with Crippen LogP contribution in [0.1, 0.15) is 30.1 Å². The average molecular weight is 267 g/mol. The highest BCUT2D eigenvalue weighted by molar-refractivity contribution is 5.95. The number of carbonyl (C=O) groups is 1. The Bertz CT molecular complexity index is 464. The summed E-state index contributed by atoms with van der Waals surface area (Å²) < 4.78 is 23.6. The second-order valence-electron chi connectivity index (χ2n) is 4.71. The van der Waals surface area contributed by atoms with E-state index in [0.717, 1.165) is 12.8 Å². The van der Waals surface area contributed by atoms with Crippen molar-refractivity contribution in [3.8, 4) is 0 Å². The summed E-state index contributed by atoms with van der Waals surface area (Å²) in [6, 6.07) is 3.96. The van der Waals surface area contributed by atoms with Gasteiger partial charge >= 0.3 is 5.97 Å². The minimum absolute atomic E-state index is 0.101. The van der Waals surface area contributed by atoms with Crippen molar-refractivity contribution >= 4 is 11.7 Å². The smallest absolute Gasteiger partial charge is 0.339 e. The lowest BCUT2D eigenvalue weighted by Gasteiger charge is -2.15. The van der Waals surface area contributed by atoms with Crippen LogP contribution < -0.4 is 5.32 Å². The molecule has 104 valence electrons. The van der Waals surface area contributed by atoms with Crippen molar-refractivity contribution < 1.29 is 18.7 Å². The van der Waals surface area contributed by atoms with Crippen molar-refractivity contribution in [3.05, 3.63) is 29.6 Å². The Morgan fingerprint density at radius 2 is 2.32 bits per heavy atom. The van der Waals surface area contributed by atoms with Gasteiger partial charge in [0.2, 0.25) is 0 Å². The number of halogens is 1. The molecule has 0 saturated carbocycles. The molecule has 0 spiro atoms. The number of methoxy groups -OCH3 is 1. The van der Waals surface area contributed by atoms with Crippen molar-refractivity contribution in [3.63, 3.8) is 0 Å². The first-order valence-corrected chi connectivity index (χ1v) is 6.37. The Morgan fingerprint density at radius 1 is 1.53 bits per heavy atom. The predicted molar refractivity (Wildman–Crippen MR) is 69.8 cm³/mol. The predicted octanol–water partition coefficient (Wildman–Crippen LogP) is 2.59. The lowest BCUT2D eigenvalue weighted by Crippen LogP contribution is -2.21. The SMILES string of the molecule is COC(=O)c1ccc(F)cc1NCC1CCC(C)O1. The summed E-state index contributed by atoms with van der Waals surface area (Å²) >= 11 is 0. The second-order valence-corrected chi connectivity index (χ2v) is 4.71. The van der Waals surface area contributed by atoms with E-state index in [1.165, 1.54) is 25.3 Å². The highest BCUT2D eigenvalue weighted by Gasteiger charge is 2.22. The topological polar surface area (TPSA) is 47.6 Å². The summed E-state index contributed by atoms with van der Waals surface area (Å²) in [6.07, 6.45) is 2.36. The van der Waals surface area contributed by atoms with Gasteiger partial charge in [0.25, 0.3) is 0 Å². The van der Waals surface area contributed by atoms with Gasteiger partial charge in [-0.25, -0.2) is 9.18 Å². The van der Waals surface area contributed by atoms with E-state index < -0.39 is 11.8 Å². The van der Waals surface area contributed by atoms with E-state index in [-0.39, 0.29) is 12.2 Å². The van der Waals surface area contributed by atoms with Crippen LogP contribution >= 0.6 is 0 Å². The zero-order valence-corrected chi connectivity index (χ0v) is 11.1. The molecular weight excluding hydrogens is 249 g/mol. The quantitative estimate of drug-likeness (QED) is 0.852. The summed E-state index contributed by atoms with van der Waals surface area (Å²) in [5.41, 5.74) is 0.768. The fourth-order valence-corrected chi connectivity index (χ4v) is 2.21. The maximum atomic E-state index is 13.3. The van der Waals surface area contributed by atoms with Gasteiger partial charge in [-0.15, -0.1) is 0 Å². The fraction of sp³-hybridized carbons (Fsp3) is 0.500. The van der Waals surface area contributed by atoms with Gasteiger partial charge in [0.1, 0.15) is 5.82 Å². The first-order valence-electron chi connectivity index (χ1n) is 6.37. The van der Waals surface area contributed by atoms with Gasteiger partial charge in [0.05, 0.1) is 30.6 Å². The van der Waals surface area contributed by atoms with Crippen LogP contribution in [0.3, 0.4) is 0 Å². The molecule has 2 unspecified atom stereocenters. The normalized spacial score (nSPS) is 22.3. The molecule has 1 aliphatic rings. The Labute approximate surface area is 111 Å². The molecule has 0 bridgehead atoms. The van der Waals surface area contributed by atoms with Gasteiger partial charge < -0.3 is 14.8 Å². The van der Waals surface area contributed by atoms with Crippen LogP contribution in [0.4, 0.5) is 10.1 Å². The van der Waals surface area contributed by atoms with E-state index in [4.69, 9.17) is 4.74 Å². The van der Waals surface area contributed by atoms with Gasteiger partial charge in [0, 0.05) is 6.54 Å². The molecule has 1 aromatic rings. The van der Waals surface area contributed by atoms with Crippen molar-refractivity contribution in [2.75, 3.05) is 19.0 Å². The molecular formula is C14H18FNO3. The highest BCUT2D eigenvalue weighted by Crippen LogP contribution is 2.22. The van der Waals surface area contributed by atoms with E-state index in [0.29, 0.717) is 17.8 Å². The fourth-order valence-electron chi connectivity index (χ4n) is 2.21. The van der Waals surface area contributed by atoms with E-state index in [1.54, 1.807) is 0 Å². The van der Waals surface area contributed by atoms with Crippen molar-refractivity contribution in [2.24, 2.45) is 0 Å². The molecule has 0 amide bonds. The third-order valence-corrected chi connectivity index (χ3v) is 3.23. The number of anilines is 1. The van der Waals surface area contributed by atoms with E-state index in [1.807, 2.05) is 6.92 Å². The molecule has 0 aliphatic carbocycles. The van der Waals surface area contributed by atoms with E-state index in [2.05, 4.69) is 10.1 Å². The van der Waals surface area contributed by atoms with Crippen molar-refractivity contribution in [1.82, 2.24) is 0 Å². The van der Waals surface area contributed by atoms with Gasteiger partial charge in [-0.2, -0.15) is 0 Å². The Morgan fingerprint density at radius 3 is 2.95 bits per heavy atom. The first kappa shape index (κ1) is 13.8. The molecule has 1 aromatic carbocycles. The minimum Gasteiger partial charge on any atom is -0.465 e. The zero-order valence-electron chi connectivity index (χ0n) is 11.1. The number of benzene rings is 1. The minimum atomic E-state index is -0.483. The molecule has 0 radical (unpaired) electrons. The van der Waals surface area contributed by atoms with Crippen LogP contribution in [0, 0.1) is 5.82 Å². The largest absolute Gasteiger partial charge is 0.465 e. The third kappa shape index (κ3) is 3.44. The van der Waals surface area contributed by atoms with Gasteiger partial charge in [-0.3, -0.25) is 0 Å². The monoisotopic (exact) mass is 267 g/mol. The highest BCUT2D eigenvalue weighted by atomic mass is 19.1. The Kier molecular flexibility index (Phi) is 4.37.